The smallest absolute Gasteiger partial charge is 0.210 e. The molecule has 2 aromatic carbocycles. The minimum Gasteiger partial charge on any atom is -0.249 e. The highest BCUT2D eigenvalue weighted by Gasteiger charge is 2.36. The summed E-state index contributed by atoms with van der Waals surface area (Å²) in [7, 11) is -1.09. The highest BCUT2D eigenvalue weighted by molar-refractivity contribution is 7.86. The van der Waals surface area contributed by atoms with Crippen LogP contribution in [0.4, 0.5) is 0 Å². The van der Waals surface area contributed by atoms with Gasteiger partial charge in [0.25, 0.3) is 0 Å². The molecule has 24 heavy (non-hydrogen) atoms. The molecule has 3 heteroatoms. The lowest BCUT2D eigenvalue weighted by Crippen LogP contribution is -2.51. The van der Waals surface area contributed by atoms with Crippen LogP contribution in [0.5, 0.6) is 0 Å². The first-order valence-corrected chi connectivity index (χ1v) is 9.88. The predicted molar refractivity (Wildman–Crippen MR) is 106 cm³/mol. The third-order valence-corrected chi connectivity index (χ3v) is 8.38. The van der Waals surface area contributed by atoms with Gasteiger partial charge in [0, 0.05) is 9.79 Å². The summed E-state index contributed by atoms with van der Waals surface area (Å²) in [6, 6.07) is 0. The summed E-state index contributed by atoms with van der Waals surface area (Å²) in [6.07, 6.45) is 0. The van der Waals surface area contributed by atoms with Crippen LogP contribution in [-0.2, 0) is 10.8 Å². The second-order valence-electron chi connectivity index (χ2n) is 7.48. The van der Waals surface area contributed by atoms with Crippen LogP contribution in [0.3, 0.4) is 0 Å². The Bertz CT molecular complexity index is 851. The Morgan fingerprint density at radius 2 is 0.833 bits per heavy atom. The van der Waals surface area contributed by atoms with Crippen LogP contribution >= 0.6 is 0 Å². The molecule has 1 aliphatic heterocycles. The molecular formula is C21H27BOS. The first-order valence-electron chi connectivity index (χ1n) is 8.73. The Labute approximate surface area is 149 Å². The molecule has 1 heterocycles. The Morgan fingerprint density at radius 1 is 0.542 bits per heavy atom. The van der Waals surface area contributed by atoms with E-state index in [0.29, 0.717) is 6.71 Å². The molecule has 0 radical (unpaired) electrons. The number of rotatable bonds is 0. The molecule has 0 N–H and O–H groups in total. The number of fused-ring (bicyclic) bond motifs is 2. The second kappa shape index (κ2) is 5.59. The van der Waals surface area contributed by atoms with Gasteiger partial charge in [-0.1, -0.05) is 28.9 Å². The zero-order chi connectivity index (χ0) is 18.1. The first kappa shape index (κ1) is 17.5. The molecule has 1 aliphatic rings. The molecule has 0 fully saturated rings. The van der Waals surface area contributed by atoms with Gasteiger partial charge in [0.2, 0.25) is 6.71 Å². The van der Waals surface area contributed by atoms with E-state index in [4.69, 9.17) is 0 Å². The van der Waals surface area contributed by atoms with Gasteiger partial charge >= 0.3 is 0 Å². The highest BCUT2D eigenvalue weighted by Crippen LogP contribution is 2.33. The van der Waals surface area contributed by atoms with Gasteiger partial charge in [-0.2, -0.15) is 0 Å². The van der Waals surface area contributed by atoms with Crippen LogP contribution < -0.4 is 10.9 Å². The summed E-state index contributed by atoms with van der Waals surface area (Å²) in [4.78, 5) is 2.14. The maximum Gasteiger partial charge on any atom is 0.210 e. The van der Waals surface area contributed by atoms with Crippen molar-refractivity contribution in [2.24, 2.45) is 0 Å². The largest absolute Gasteiger partial charge is 0.249 e. The van der Waals surface area contributed by atoms with Crippen LogP contribution in [0, 0.1) is 55.4 Å². The lowest BCUT2D eigenvalue weighted by molar-refractivity contribution is 0.682. The van der Waals surface area contributed by atoms with E-state index in [1.54, 1.807) is 0 Å². The Kier molecular flexibility index (Phi) is 4.07. The fourth-order valence-corrected chi connectivity index (χ4v) is 6.51. The highest BCUT2D eigenvalue weighted by atomic mass is 32.2. The van der Waals surface area contributed by atoms with Gasteiger partial charge in [-0.25, -0.2) is 4.21 Å². The molecule has 1 nitrogen and oxygen atoms in total. The van der Waals surface area contributed by atoms with Gasteiger partial charge < -0.3 is 0 Å². The van der Waals surface area contributed by atoms with Crippen molar-refractivity contribution < 1.29 is 4.21 Å². The van der Waals surface area contributed by atoms with Crippen molar-refractivity contribution in [1.29, 1.82) is 0 Å². The average Bonchev–Trinajstić information content (AvgIpc) is 2.55. The maximum atomic E-state index is 13.6. The third kappa shape index (κ3) is 2.03. The van der Waals surface area contributed by atoms with Crippen LogP contribution in [0.25, 0.3) is 0 Å². The van der Waals surface area contributed by atoms with Crippen molar-refractivity contribution in [3.05, 3.63) is 44.5 Å². The fourth-order valence-electron chi connectivity index (χ4n) is 4.38. The van der Waals surface area contributed by atoms with E-state index in [1.807, 2.05) is 0 Å². The van der Waals surface area contributed by atoms with Gasteiger partial charge in [-0.15, -0.1) is 0 Å². The first-order chi connectivity index (χ1) is 11.1. The Balaban J connectivity index is 2.51. The fraction of sp³-hybridized carbons (Fsp3) is 0.429. The average molecular weight is 338 g/mol. The summed E-state index contributed by atoms with van der Waals surface area (Å²) >= 11 is 0. The molecule has 0 bridgehead atoms. The van der Waals surface area contributed by atoms with Crippen molar-refractivity contribution in [3.8, 4) is 0 Å². The molecular weight excluding hydrogens is 311 g/mol. The third-order valence-electron chi connectivity index (χ3n) is 6.59. The van der Waals surface area contributed by atoms with Gasteiger partial charge in [0.05, 0.1) is 10.8 Å². The standard InChI is InChI=1S/C21H27BOS/c1-10-12(3)16(7)20-18(14(10)5)22(9)19-15(6)11(2)13(4)17(8)21(19)24(20)23/h1-9H3. The van der Waals surface area contributed by atoms with Crippen LogP contribution in [-0.4, -0.2) is 10.9 Å². The minimum atomic E-state index is -1.09. The summed E-state index contributed by atoms with van der Waals surface area (Å²) in [5.41, 5.74) is 12.9. The van der Waals surface area contributed by atoms with Crippen molar-refractivity contribution in [1.82, 2.24) is 0 Å². The van der Waals surface area contributed by atoms with E-state index in [9.17, 15) is 4.21 Å². The summed E-state index contributed by atoms with van der Waals surface area (Å²) < 4.78 is 13.6. The molecule has 0 unspecified atom stereocenters. The molecule has 0 atom stereocenters. The second-order valence-corrected chi connectivity index (χ2v) is 8.83. The summed E-state index contributed by atoms with van der Waals surface area (Å²) in [5, 5.41) is 0. The number of hydrogen-bond acceptors (Lipinski definition) is 1. The molecule has 0 aromatic heterocycles. The monoisotopic (exact) mass is 338 g/mol. The summed E-state index contributed by atoms with van der Waals surface area (Å²) in [6.45, 7) is 20.0. The lowest BCUT2D eigenvalue weighted by atomic mass is 9.40. The minimum absolute atomic E-state index is 0.295. The van der Waals surface area contributed by atoms with Gasteiger partial charge in [0.15, 0.2) is 0 Å². The molecule has 0 saturated heterocycles. The van der Waals surface area contributed by atoms with E-state index in [1.165, 1.54) is 55.4 Å². The van der Waals surface area contributed by atoms with Crippen molar-refractivity contribution in [2.75, 3.05) is 0 Å². The van der Waals surface area contributed by atoms with Gasteiger partial charge in [0.1, 0.15) is 0 Å². The molecule has 126 valence electrons. The van der Waals surface area contributed by atoms with E-state index in [-0.39, 0.29) is 0 Å². The number of benzene rings is 2. The van der Waals surface area contributed by atoms with Crippen molar-refractivity contribution in [3.63, 3.8) is 0 Å². The zero-order valence-electron chi connectivity index (χ0n) is 16.4. The van der Waals surface area contributed by atoms with Crippen LogP contribution in [0.1, 0.15) is 44.5 Å². The van der Waals surface area contributed by atoms with E-state index >= 15 is 0 Å². The van der Waals surface area contributed by atoms with E-state index in [0.717, 1.165) is 9.79 Å². The van der Waals surface area contributed by atoms with Crippen LogP contribution in [0.2, 0.25) is 6.82 Å². The van der Waals surface area contributed by atoms with E-state index in [2.05, 4.69) is 62.2 Å². The Morgan fingerprint density at radius 3 is 1.17 bits per heavy atom. The Hall–Kier alpha value is -1.35. The molecule has 0 amide bonds. The zero-order valence-corrected chi connectivity index (χ0v) is 17.2. The quantitative estimate of drug-likeness (QED) is 0.667. The van der Waals surface area contributed by atoms with Crippen molar-refractivity contribution in [2.45, 2.75) is 72.0 Å². The van der Waals surface area contributed by atoms with Gasteiger partial charge in [-0.05, 0) is 88.8 Å². The molecule has 2 aromatic rings. The predicted octanol–water partition coefficient (Wildman–Crippen LogP) is 3.87. The number of hydrogen-bond donors (Lipinski definition) is 0. The van der Waals surface area contributed by atoms with E-state index < -0.39 is 10.8 Å². The summed E-state index contributed by atoms with van der Waals surface area (Å²) in [5.74, 6) is 0. The molecule has 0 saturated carbocycles. The maximum absolute atomic E-state index is 13.6. The van der Waals surface area contributed by atoms with Crippen molar-refractivity contribution >= 4 is 28.4 Å². The molecule has 0 spiro atoms. The SMILES string of the molecule is CB1c2c(C)c(C)c(C)c(C)c2S(=O)c2c(C)c(C)c(C)c(C)c21. The molecule has 3 rings (SSSR count). The lowest BCUT2D eigenvalue weighted by Gasteiger charge is -2.32. The van der Waals surface area contributed by atoms with Crippen LogP contribution in [0.15, 0.2) is 9.79 Å². The normalized spacial score (nSPS) is 14.0. The molecule has 0 aliphatic carbocycles. The topological polar surface area (TPSA) is 17.1 Å². The van der Waals surface area contributed by atoms with Gasteiger partial charge in [-0.3, -0.25) is 0 Å².